The molecule has 2 aliphatic rings. The van der Waals surface area contributed by atoms with Gasteiger partial charge >= 0.3 is 0 Å². The molecule has 9 heteroatoms. The normalized spacial score (nSPS) is 22.6. The molecule has 1 spiro atoms. The molecule has 1 aromatic heterocycles. The largest absolute Gasteiger partial charge is 0.375 e. The Morgan fingerprint density at radius 1 is 1.24 bits per heavy atom. The maximum Gasteiger partial charge on any atom is 0.269 e. The van der Waals surface area contributed by atoms with E-state index < -0.39 is 10.3 Å². The number of nitro benzene ring substituents is 1. The summed E-state index contributed by atoms with van der Waals surface area (Å²) < 4.78 is 7.63. The molecule has 1 saturated heterocycles. The lowest BCUT2D eigenvalue weighted by atomic mass is 9.79. The van der Waals surface area contributed by atoms with Crippen LogP contribution in [0.4, 0.5) is 11.4 Å². The first-order chi connectivity index (χ1) is 14.0. The molecule has 0 aliphatic carbocycles. The summed E-state index contributed by atoms with van der Waals surface area (Å²) in [6.07, 6.45) is 2.18. The highest BCUT2D eigenvalue weighted by Gasteiger charge is 2.52. The minimum atomic E-state index is -0.650. The van der Waals surface area contributed by atoms with Crippen molar-refractivity contribution < 1.29 is 14.5 Å². The average molecular weight is 391 g/mol. The molecule has 2 atom stereocenters. The predicted octanol–water partition coefficient (Wildman–Crippen LogP) is 2.53. The van der Waals surface area contributed by atoms with Gasteiger partial charge in [-0.1, -0.05) is 23.4 Å². The highest BCUT2D eigenvalue weighted by molar-refractivity contribution is 6.06. The second-order valence-corrected chi connectivity index (χ2v) is 7.35. The number of carbonyl (C=O) groups excluding carboxylic acids is 1. The van der Waals surface area contributed by atoms with Crippen LogP contribution in [0.5, 0.6) is 0 Å². The summed E-state index contributed by atoms with van der Waals surface area (Å²) in [6, 6.07) is 13.9. The quantitative estimate of drug-likeness (QED) is 0.540. The van der Waals surface area contributed by atoms with Gasteiger partial charge in [0.05, 0.1) is 30.4 Å². The van der Waals surface area contributed by atoms with E-state index in [0.717, 1.165) is 16.8 Å². The van der Waals surface area contributed by atoms with Gasteiger partial charge in [0.1, 0.15) is 11.1 Å². The number of hydrogen-bond donors (Lipinski definition) is 1. The first-order valence-corrected chi connectivity index (χ1v) is 9.23. The van der Waals surface area contributed by atoms with Crippen molar-refractivity contribution in [3.8, 4) is 11.3 Å². The van der Waals surface area contributed by atoms with Crippen LogP contribution in [0.1, 0.15) is 12.0 Å². The first-order valence-electron chi connectivity index (χ1n) is 9.23. The molecular weight excluding hydrogens is 374 g/mol. The van der Waals surface area contributed by atoms with Gasteiger partial charge in [-0.15, -0.1) is 5.10 Å². The number of amides is 1. The molecule has 2 unspecified atom stereocenters. The van der Waals surface area contributed by atoms with E-state index in [9.17, 15) is 14.9 Å². The number of para-hydroxylation sites is 1. The predicted molar refractivity (Wildman–Crippen MR) is 103 cm³/mol. The van der Waals surface area contributed by atoms with E-state index in [1.807, 2.05) is 24.3 Å². The smallest absolute Gasteiger partial charge is 0.269 e. The Balaban J connectivity index is 1.31. The van der Waals surface area contributed by atoms with E-state index >= 15 is 0 Å². The van der Waals surface area contributed by atoms with Gasteiger partial charge in [0, 0.05) is 23.4 Å². The summed E-state index contributed by atoms with van der Waals surface area (Å²) in [6.45, 7) is 0.807. The number of nitrogens with one attached hydrogen (secondary N) is 1. The highest BCUT2D eigenvalue weighted by Crippen LogP contribution is 2.45. The maximum absolute atomic E-state index is 12.6. The molecule has 146 valence electrons. The first kappa shape index (κ1) is 17.5. The molecule has 0 saturated carbocycles. The van der Waals surface area contributed by atoms with Crippen molar-refractivity contribution in [3.63, 3.8) is 0 Å². The zero-order valence-corrected chi connectivity index (χ0v) is 15.3. The summed E-state index contributed by atoms with van der Waals surface area (Å²) in [4.78, 5) is 23.0. The van der Waals surface area contributed by atoms with E-state index in [-0.39, 0.29) is 17.7 Å². The van der Waals surface area contributed by atoms with Crippen molar-refractivity contribution in [3.05, 3.63) is 70.4 Å². The number of hydrogen-bond acceptors (Lipinski definition) is 6. The average Bonchev–Trinajstić information content (AvgIpc) is 3.43. The van der Waals surface area contributed by atoms with Gasteiger partial charge < -0.3 is 10.1 Å². The number of aromatic nitrogens is 3. The molecule has 3 heterocycles. The van der Waals surface area contributed by atoms with E-state index in [4.69, 9.17) is 4.74 Å². The number of nitro groups is 1. The zero-order chi connectivity index (χ0) is 20.0. The minimum absolute atomic E-state index is 0.0219. The van der Waals surface area contributed by atoms with Crippen molar-refractivity contribution in [1.29, 1.82) is 0 Å². The van der Waals surface area contributed by atoms with Crippen LogP contribution >= 0.6 is 0 Å². The van der Waals surface area contributed by atoms with Crippen LogP contribution in [0, 0.1) is 10.1 Å². The number of carbonyl (C=O) groups is 1. The zero-order valence-electron chi connectivity index (χ0n) is 15.3. The third-order valence-electron chi connectivity index (χ3n) is 5.57. The number of anilines is 1. The van der Waals surface area contributed by atoms with Crippen molar-refractivity contribution in [1.82, 2.24) is 15.0 Å². The third kappa shape index (κ3) is 2.87. The second-order valence-electron chi connectivity index (χ2n) is 7.35. The number of ether oxygens (including phenoxy) is 1. The lowest BCUT2D eigenvalue weighted by Crippen LogP contribution is -2.35. The molecule has 5 rings (SSSR count). The molecule has 1 N–H and O–H groups in total. The molecule has 0 radical (unpaired) electrons. The van der Waals surface area contributed by atoms with Crippen molar-refractivity contribution >= 4 is 17.3 Å². The second kappa shape index (κ2) is 6.49. The SMILES string of the molecule is O=C1Nc2ccccc2C12COC(Cn1cc(-c3ccc([N+](=O)[O-])cc3)nn1)C2. The number of rotatable bonds is 4. The summed E-state index contributed by atoms with van der Waals surface area (Å²) in [5.74, 6) is -0.0219. The molecule has 9 nitrogen and oxygen atoms in total. The molecular formula is C20H17N5O4. The lowest BCUT2D eigenvalue weighted by molar-refractivity contribution is -0.384. The standard InChI is InChI=1S/C20H17N5O4/c26-19-20(16-3-1-2-4-17(16)21-19)9-15(29-12-20)10-24-11-18(22-23-24)13-5-7-14(8-6-13)25(27)28/h1-8,11,15H,9-10,12H2,(H,21,26). The van der Waals surface area contributed by atoms with Crippen LogP contribution in [0.25, 0.3) is 11.3 Å². The van der Waals surface area contributed by atoms with Crippen LogP contribution in [0.2, 0.25) is 0 Å². The Bertz CT molecular complexity index is 1110. The maximum atomic E-state index is 12.6. The molecule has 2 aromatic carbocycles. The van der Waals surface area contributed by atoms with Gasteiger partial charge in [0.25, 0.3) is 5.69 Å². The number of benzene rings is 2. The van der Waals surface area contributed by atoms with Crippen LogP contribution in [-0.4, -0.2) is 38.5 Å². The fraction of sp³-hybridized carbons (Fsp3) is 0.250. The minimum Gasteiger partial charge on any atom is -0.375 e. The van der Waals surface area contributed by atoms with Gasteiger partial charge in [-0.25, -0.2) is 4.68 Å². The topological polar surface area (TPSA) is 112 Å². The Hall–Kier alpha value is -3.59. The summed E-state index contributed by atoms with van der Waals surface area (Å²) >= 11 is 0. The van der Waals surface area contributed by atoms with E-state index in [1.54, 1.807) is 23.0 Å². The van der Waals surface area contributed by atoms with Crippen LogP contribution in [-0.2, 0) is 21.5 Å². The van der Waals surface area contributed by atoms with E-state index in [1.165, 1.54) is 12.1 Å². The van der Waals surface area contributed by atoms with Gasteiger partial charge in [-0.2, -0.15) is 0 Å². The Morgan fingerprint density at radius 3 is 2.83 bits per heavy atom. The fourth-order valence-electron chi connectivity index (χ4n) is 4.09. The Labute approximate surface area is 165 Å². The molecule has 0 bridgehead atoms. The number of non-ortho nitro benzene ring substituents is 1. The molecule has 1 amide bonds. The van der Waals surface area contributed by atoms with E-state index in [0.29, 0.717) is 25.3 Å². The van der Waals surface area contributed by atoms with Gasteiger partial charge in [-0.05, 0) is 30.2 Å². The molecule has 29 heavy (non-hydrogen) atoms. The van der Waals surface area contributed by atoms with Crippen LogP contribution in [0.15, 0.2) is 54.7 Å². The van der Waals surface area contributed by atoms with Crippen LogP contribution in [0.3, 0.4) is 0 Å². The van der Waals surface area contributed by atoms with Gasteiger partial charge in [0.15, 0.2) is 0 Å². The summed E-state index contributed by atoms with van der Waals surface area (Å²) in [5.41, 5.74) is 2.58. The number of fused-ring (bicyclic) bond motifs is 2. The van der Waals surface area contributed by atoms with Crippen molar-refractivity contribution in [2.75, 3.05) is 11.9 Å². The molecule has 3 aromatic rings. The molecule has 2 aliphatic heterocycles. The monoisotopic (exact) mass is 391 g/mol. The van der Waals surface area contributed by atoms with Gasteiger partial charge in [-0.3, -0.25) is 14.9 Å². The van der Waals surface area contributed by atoms with Crippen molar-refractivity contribution in [2.24, 2.45) is 0 Å². The van der Waals surface area contributed by atoms with Crippen LogP contribution < -0.4 is 5.32 Å². The highest BCUT2D eigenvalue weighted by atomic mass is 16.6. The number of nitrogens with zero attached hydrogens (tertiary/aromatic N) is 4. The lowest BCUT2D eigenvalue weighted by Gasteiger charge is -2.19. The summed E-state index contributed by atoms with van der Waals surface area (Å²) in [7, 11) is 0. The third-order valence-corrected chi connectivity index (χ3v) is 5.57. The Morgan fingerprint density at radius 2 is 2.03 bits per heavy atom. The summed E-state index contributed by atoms with van der Waals surface area (Å²) in [5, 5.41) is 22.0. The fourth-order valence-corrected chi connectivity index (χ4v) is 4.09. The Kier molecular flexibility index (Phi) is 3.92. The van der Waals surface area contributed by atoms with Crippen molar-refractivity contribution in [2.45, 2.75) is 24.5 Å². The van der Waals surface area contributed by atoms with E-state index in [2.05, 4.69) is 15.6 Å². The molecule has 1 fully saturated rings. The van der Waals surface area contributed by atoms with Gasteiger partial charge in [0.2, 0.25) is 5.91 Å².